The number of halogens is 1. The number of thiazole rings is 1. The summed E-state index contributed by atoms with van der Waals surface area (Å²) in [7, 11) is 0. The van der Waals surface area contributed by atoms with Gasteiger partial charge in [-0.15, -0.1) is 11.3 Å². The number of aromatic nitrogens is 3. The summed E-state index contributed by atoms with van der Waals surface area (Å²) >= 11 is 1.56. The highest BCUT2D eigenvalue weighted by atomic mass is 32.1. The molecule has 0 bridgehead atoms. The van der Waals surface area contributed by atoms with Crippen LogP contribution in [0.4, 0.5) is 4.39 Å². The van der Waals surface area contributed by atoms with Gasteiger partial charge >= 0.3 is 0 Å². The van der Waals surface area contributed by atoms with Crippen LogP contribution in [0.3, 0.4) is 0 Å². The van der Waals surface area contributed by atoms with Crippen LogP contribution in [0, 0.1) is 5.82 Å². The van der Waals surface area contributed by atoms with Crippen LogP contribution in [0.5, 0.6) is 0 Å². The van der Waals surface area contributed by atoms with Gasteiger partial charge in [-0.25, -0.2) is 9.37 Å². The summed E-state index contributed by atoms with van der Waals surface area (Å²) < 4.78 is 15.2. The molecule has 3 nitrogen and oxygen atoms in total. The van der Waals surface area contributed by atoms with E-state index >= 15 is 0 Å². The van der Waals surface area contributed by atoms with Crippen molar-refractivity contribution in [3.8, 4) is 10.6 Å². The Hall–Kier alpha value is -2.01. The molecule has 0 N–H and O–H groups in total. The maximum absolute atomic E-state index is 13.5. The maximum Gasteiger partial charge on any atom is 0.128 e. The van der Waals surface area contributed by atoms with Crippen LogP contribution in [0.15, 0.2) is 48.2 Å². The fourth-order valence-electron chi connectivity index (χ4n) is 1.73. The number of rotatable bonds is 3. The Morgan fingerprint density at radius 1 is 1.28 bits per heavy atom. The van der Waals surface area contributed by atoms with Crippen LogP contribution in [-0.2, 0) is 6.54 Å². The van der Waals surface area contributed by atoms with Gasteiger partial charge in [-0.05, 0) is 6.07 Å². The number of nitrogens with zero attached hydrogens (tertiary/aromatic N) is 3. The Labute approximate surface area is 108 Å². The molecule has 0 amide bonds. The largest absolute Gasteiger partial charge is 0.267 e. The van der Waals surface area contributed by atoms with Gasteiger partial charge in [0.1, 0.15) is 10.8 Å². The predicted octanol–water partition coefficient (Wildman–Crippen LogP) is 3.19. The Morgan fingerprint density at radius 2 is 2.17 bits per heavy atom. The molecule has 0 aliphatic carbocycles. The van der Waals surface area contributed by atoms with Crippen LogP contribution in [0.2, 0.25) is 0 Å². The van der Waals surface area contributed by atoms with Gasteiger partial charge in [0.15, 0.2) is 0 Å². The summed E-state index contributed by atoms with van der Waals surface area (Å²) in [5.41, 5.74) is 1.59. The van der Waals surface area contributed by atoms with Crippen molar-refractivity contribution in [1.29, 1.82) is 0 Å². The van der Waals surface area contributed by atoms with Crippen molar-refractivity contribution in [3.05, 3.63) is 59.6 Å². The summed E-state index contributed by atoms with van der Waals surface area (Å²) in [5.74, 6) is -0.205. The second kappa shape index (κ2) is 4.70. The number of hydrogen-bond donors (Lipinski definition) is 0. The second-order valence-corrected chi connectivity index (χ2v) is 4.75. The highest BCUT2D eigenvalue weighted by Crippen LogP contribution is 2.21. The van der Waals surface area contributed by atoms with Gasteiger partial charge in [0.25, 0.3) is 0 Å². The zero-order valence-electron chi connectivity index (χ0n) is 9.45. The Balaban J connectivity index is 1.85. The topological polar surface area (TPSA) is 30.7 Å². The molecule has 0 unspecified atom stereocenters. The molecular formula is C13H10FN3S. The minimum atomic E-state index is -0.205. The lowest BCUT2D eigenvalue weighted by Gasteiger charge is -2.02. The molecule has 0 radical (unpaired) electrons. The molecular weight excluding hydrogens is 249 g/mol. The highest BCUT2D eigenvalue weighted by molar-refractivity contribution is 7.13. The summed E-state index contributed by atoms with van der Waals surface area (Å²) in [5, 5.41) is 7.07. The van der Waals surface area contributed by atoms with Crippen LogP contribution in [0.25, 0.3) is 10.6 Å². The van der Waals surface area contributed by atoms with Gasteiger partial charge in [0, 0.05) is 28.9 Å². The first-order valence-electron chi connectivity index (χ1n) is 5.48. The van der Waals surface area contributed by atoms with E-state index in [0.717, 1.165) is 10.6 Å². The minimum absolute atomic E-state index is 0.205. The van der Waals surface area contributed by atoms with Gasteiger partial charge in [0.05, 0.1) is 12.7 Å². The van der Waals surface area contributed by atoms with Gasteiger partial charge in [-0.1, -0.05) is 18.2 Å². The Kier molecular flexibility index (Phi) is 2.90. The zero-order valence-corrected chi connectivity index (χ0v) is 10.3. The first kappa shape index (κ1) is 11.1. The van der Waals surface area contributed by atoms with Gasteiger partial charge in [-0.3, -0.25) is 4.68 Å². The van der Waals surface area contributed by atoms with Crippen molar-refractivity contribution in [1.82, 2.24) is 14.8 Å². The summed E-state index contributed by atoms with van der Waals surface area (Å²) in [6.45, 7) is 0.429. The molecule has 0 atom stereocenters. The molecule has 0 fully saturated rings. The quantitative estimate of drug-likeness (QED) is 0.723. The van der Waals surface area contributed by atoms with Gasteiger partial charge in [-0.2, -0.15) is 5.10 Å². The van der Waals surface area contributed by atoms with E-state index in [4.69, 9.17) is 0 Å². The maximum atomic E-state index is 13.5. The van der Waals surface area contributed by atoms with Crippen molar-refractivity contribution in [2.24, 2.45) is 0 Å². The molecule has 2 aromatic heterocycles. The SMILES string of the molecule is Fc1ccccc1Cn1cc(-c2nccs2)cn1. The average Bonchev–Trinajstić information content (AvgIpc) is 3.02. The summed E-state index contributed by atoms with van der Waals surface area (Å²) in [6, 6.07) is 6.73. The van der Waals surface area contributed by atoms with Crippen molar-refractivity contribution in [2.45, 2.75) is 6.54 Å². The fraction of sp³-hybridized carbons (Fsp3) is 0.0769. The normalized spacial score (nSPS) is 10.7. The molecule has 0 saturated carbocycles. The Morgan fingerprint density at radius 3 is 2.94 bits per heavy atom. The molecule has 0 spiro atoms. The zero-order chi connectivity index (χ0) is 12.4. The monoisotopic (exact) mass is 259 g/mol. The van der Waals surface area contributed by atoms with E-state index in [-0.39, 0.29) is 5.82 Å². The third-order valence-electron chi connectivity index (χ3n) is 2.60. The van der Waals surface area contributed by atoms with E-state index in [9.17, 15) is 4.39 Å². The van der Waals surface area contributed by atoms with Gasteiger partial charge in [0.2, 0.25) is 0 Å². The number of benzene rings is 1. The molecule has 0 aliphatic rings. The lowest BCUT2D eigenvalue weighted by Crippen LogP contribution is -2.01. The fourth-order valence-corrected chi connectivity index (χ4v) is 2.34. The molecule has 90 valence electrons. The number of hydrogen-bond acceptors (Lipinski definition) is 3. The molecule has 3 aromatic rings. The molecule has 0 saturated heterocycles. The van der Waals surface area contributed by atoms with Crippen LogP contribution in [-0.4, -0.2) is 14.8 Å². The smallest absolute Gasteiger partial charge is 0.128 e. The van der Waals surface area contributed by atoms with E-state index in [2.05, 4.69) is 10.1 Å². The standard InChI is InChI=1S/C13H10FN3S/c14-12-4-2-1-3-10(12)8-17-9-11(7-16-17)13-15-5-6-18-13/h1-7,9H,8H2. The minimum Gasteiger partial charge on any atom is -0.267 e. The predicted molar refractivity (Wildman–Crippen MR) is 68.8 cm³/mol. The van der Waals surface area contributed by atoms with Crippen LogP contribution < -0.4 is 0 Å². The first-order chi connectivity index (χ1) is 8.83. The lowest BCUT2D eigenvalue weighted by atomic mass is 10.2. The molecule has 1 aromatic carbocycles. The highest BCUT2D eigenvalue weighted by Gasteiger charge is 2.06. The molecule has 3 rings (SSSR count). The molecule has 0 aliphatic heterocycles. The van der Waals surface area contributed by atoms with Crippen molar-refractivity contribution in [3.63, 3.8) is 0 Å². The van der Waals surface area contributed by atoms with E-state index < -0.39 is 0 Å². The van der Waals surface area contributed by atoms with E-state index in [1.54, 1.807) is 40.5 Å². The van der Waals surface area contributed by atoms with Crippen LogP contribution >= 0.6 is 11.3 Å². The average molecular weight is 259 g/mol. The Bertz CT molecular complexity index is 646. The van der Waals surface area contributed by atoms with Crippen molar-refractivity contribution in [2.75, 3.05) is 0 Å². The summed E-state index contributed by atoms with van der Waals surface area (Å²) in [4.78, 5) is 4.22. The van der Waals surface area contributed by atoms with Crippen molar-refractivity contribution < 1.29 is 4.39 Å². The molecule has 18 heavy (non-hydrogen) atoms. The van der Waals surface area contributed by atoms with E-state index in [1.165, 1.54) is 6.07 Å². The van der Waals surface area contributed by atoms with Crippen molar-refractivity contribution >= 4 is 11.3 Å². The lowest BCUT2D eigenvalue weighted by molar-refractivity contribution is 0.585. The molecule has 2 heterocycles. The molecule has 5 heteroatoms. The third-order valence-corrected chi connectivity index (χ3v) is 3.42. The van der Waals surface area contributed by atoms with Gasteiger partial charge < -0.3 is 0 Å². The summed E-state index contributed by atoms with van der Waals surface area (Å²) in [6.07, 6.45) is 5.39. The van der Waals surface area contributed by atoms with Crippen LogP contribution in [0.1, 0.15) is 5.56 Å². The van der Waals surface area contributed by atoms with E-state index in [1.807, 2.05) is 17.6 Å². The first-order valence-corrected chi connectivity index (χ1v) is 6.36. The van der Waals surface area contributed by atoms with E-state index in [0.29, 0.717) is 12.1 Å². The second-order valence-electron chi connectivity index (χ2n) is 3.86. The third kappa shape index (κ3) is 2.17.